The molecule has 0 aliphatic carbocycles. The molecule has 2 aliphatic rings. The summed E-state index contributed by atoms with van der Waals surface area (Å²) in [6, 6.07) is 9.43. The molecule has 0 spiro atoms. The summed E-state index contributed by atoms with van der Waals surface area (Å²) in [5.74, 6) is 0.837. The number of hydrogen-bond acceptors (Lipinski definition) is 6. The van der Waals surface area contributed by atoms with Gasteiger partial charge in [-0.25, -0.2) is 9.37 Å². The van der Waals surface area contributed by atoms with Crippen molar-refractivity contribution in [1.82, 2.24) is 10.3 Å². The second kappa shape index (κ2) is 9.51. The van der Waals surface area contributed by atoms with Crippen LogP contribution in [0.3, 0.4) is 0 Å². The van der Waals surface area contributed by atoms with Crippen molar-refractivity contribution in [2.24, 2.45) is 0 Å². The average Bonchev–Trinajstić information content (AvgIpc) is 3.22. The number of aromatic nitrogens is 1. The highest BCUT2D eigenvalue weighted by Gasteiger charge is 2.28. The molecular weight excluding hydrogens is 399 g/mol. The molecule has 0 unspecified atom stereocenters. The first-order valence-corrected chi connectivity index (χ1v) is 10.8. The number of hydrogen-bond donors (Lipinski definition) is 1. The molecule has 2 saturated heterocycles. The SMILES string of the molecule is CC(=O)N[C@@H](C)c1ccc(O[C@@H]2CCN(c3ccnc(N4CCOCC4)c3F)C2)cc1. The van der Waals surface area contributed by atoms with Gasteiger partial charge in [-0.3, -0.25) is 4.79 Å². The minimum absolute atomic E-state index is 0.0157. The van der Waals surface area contributed by atoms with Crippen LogP contribution in [0, 0.1) is 5.82 Å². The van der Waals surface area contributed by atoms with Gasteiger partial charge in [0.15, 0.2) is 11.6 Å². The number of halogens is 1. The highest BCUT2D eigenvalue weighted by molar-refractivity contribution is 5.73. The monoisotopic (exact) mass is 428 g/mol. The van der Waals surface area contributed by atoms with Crippen LogP contribution in [0.15, 0.2) is 36.5 Å². The van der Waals surface area contributed by atoms with Gasteiger partial charge in [-0.2, -0.15) is 0 Å². The Morgan fingerprint density at radius 3 is 2.65 bits per heavy atom. The molecule has 1 aromatic carbocycles. The second-order valence-corrected chi connectivity index (χ2v) is 8.03. The largest absolute Gasteiger partial charge is 0.489 e. The van der Waals surface area contributed by atoms with Crippen LogP contribution in [-0.4, -0.2) is 56.4 Å². The molecule has 2 aromatic rings. The molecule has 1 N–H and O–H groups in total. The molecule has 1 amide bonds. The number of anilines is 2. The Hall–Kier alpha value is -2.87. The van der Waals surface area contributed by atoms with Crippen molar-refractivity contribution < 1.29 is 18.7 Å². The lowest BCUT2D eigenvalue weighted by Gasteiger charge is -2.29. The van der Waals surface area contributed by atoms with Gasteiger partial charge < -0.3 is 24.6 Å². The Morgan fingerprint density at radius 1 is 1.19 bits per heavy atom. The summed E-state index contributed by atoms with van der Waals surface area (Å²) in [5, 5.41) is 2.87. The topological polar surface area (TPSA) is 66.9 Å². The normalized spacial score (nSPS) is 19.9. The van der Waals surface area contributed by atoms with Crippen molar-refractivity contribution in [3.8, 4) is 5.75 Å². The maximum absolute atomic E-state index is 15.2. The zero-order valence-corrected chi connectivity index (χ0v) is 18.0. The van der Waals surface area contributed by atoms with Crippen LogP contribution in [0.1, 0.15) is 31.9 Å². The molecule has 0 radical (unpaired) electrons. The van der Waals surface area contributed by atoms with Crippen LogP contribution in [0.25, 0.3) is 0 Å². The van der Waals surface area contributed by atoms with Crippen LogP contribution in [-0.2, 0) is 9.53 Å². The number of morpholine rings is 1. The van der Waals surface area contributed by atoms with E-state index in [-0.39, 0.29) is 23.9 Å². The van der Waals surface area contributed by atoms with E-state index in [1.54, 1.807) is 12.3 Å². The molecule has 2 atom stereocenters. The molecule has 8 heteroatoms. The van der Waals surface area contributed by atoms with Crippen molar-refractivity contribution in [1.29, 1.82) is 0 Å². The van der Waals surface area contributed by atoms with Crippen molar-refractivity contribution in [2.75, 3.05) is 49.2 Å². The number of pyridine rings is 1. The molecule has 166 valence electrons. The first-order valence-electron chi connectivity index (χ1n) is 10.8. The molecule has 2 aliphatic heterocycles. The second-order valence-electron chi connectivity index (χ2n) is 8.03. The van der Waals surface area contributed by atoms with Crippen LogP contribution in [0.5, 0.6) is 5.75 Å². The van der Waals surface area contributed by atoms with Crippen LogP contribution in [0.2, 0.25) is 0 Å². The Balaban J connectivity index is 1.38. The van der Waals surface area contributed by atoms with E-state index >= 15 is 4.39 Å². The van der Waals surface area contributed by atoms with Gasteiger partial charge in [-0.15, -0.1) is 0 Å². The molecule has 2 fully saturated rings. The number of amides is 1. The highest BCUT2D eigenvalue weighted by Crippen LogP contribution is 2.30. The number of ether oxygens (including phenoxy) is 2. The van der Waals surface area contributed by atoms with Crippen LogP contribution in [0.4, 0.5) is 15.9 Å². The minimum atomic E-state index is -0.277. The van der Waals surface area contributed by atoms with Gasteiger partial charge in [0, 0.05) is 39.2 Å². The quantitative estimate of drug-likeness (QED) is 0.763. The molecule has 31 heavy (non-hydrogen) atoms. The van der Waals surface area contributed by atoms with Crippen LogP contribution < -0.4 is 19.9 Å². The van der Waals surface area contributed by atoms with E-state index in [4.69, 9.17) is 9.47 Å². The third kappa shape index (κ3) is 5.07. The van der Waals surface area contributed by atoms with E-state index in [9.17, 15) is 4.79 Å². The molecular formula is C23H29FN4O3. The minimum Gasteiger partial charge on any atom is -0.489 e. The van der Waals surface area contributed by atoms with Gasteiger partial charge in [0.05, 0.1) is 31.5 Å². The number of benzene rings is 1. The molecule has 3 heterocycles. The molecule has 0 saturated carbocycles. The van der Waals surface area contributed by atoms with E-state index in [1.165, 1.54) is 6.92 Å². The van der Waals surface area contributed by atoms with Gasteiger partial charge in [-0.1, -0.05) is 12.1 Å². The molecule has 0 bridgehead atoms. The number of nitrogens with zero attached hydrogens (tertiary/aromatic N) is 3. The smallest absolute Gasteiger partial charge is 0.217 e. The fourth-order valence-electron chi connectivity index (χ4n) is 4.12. The van der Waals surface area contributed by atoms with Gasteiger partial charge >= 0.3 is 0 Å². The van der Waals surface area contributed by atoms with E-state index in [1.807, 2.05) is 41.0 Å². The van der Waals surface area contributed by atoms with Gasteiger partial charge in [0.25, 0.3) is 0 Å². The Morgan fingerprint density at radius 2 is 1.94 bits per heavy atom. The van der Waals surface area contributed by atoms with Gasteiger partial charge in [0.1, 0.15) is 11.9 Å². The number of rotatable bonds is 6. The third-order valence-electron chi connectivity index (χ3n) is 5.75. The van der Waals surface area contributed by atoms with E-state index in [0.29, 0.717) is 44.4 Å². The average molecular weight is 429 g/mol. The summed E-state index contributed by atoms with van der Waals surface area (Å²) >= 11 is 0. The lowest BCUT2D eigenvalue weighted by Crippen LogP contribution is -2.37. The summed E-state index contributed by atoms with van der Waals surface area (Å²) in [4.78, 5) is 19.5. The zero-order chi connectivity index (χ0) is 21.8. The summed E-state index contributed by atoms with van der Waals surface area (Å²) in [6.07, 6.45) is 2.48. The summed E-state index contributed by atoms with van der Waals surface area (Å²) in [5.41, 5.74) is 1.59. The number of carbonyl (C=O) groups excluding carboxylic acids is 1. The lowest BCUT2D eigenvalue weighted by atomic mass is 10.1. The first-order chi connectivity index (χ1) is 15.0. The third-order valence-corrected chi connectivity index (χ3v) is 5.75. The Labute approximate surface area is 182 Å². The first kappa shape index (κ1) is 21.4. The number of carbonyl (C=O) groups is 1. The van der Waals surface area contributed by atoms with E-state index in [0.717, 1.165) is 24.3 Å². The van der Waals surface area contributed by atoms with Crippen molar-refractivity contribution in [3.05, 3.63) is 47.9 Å². The van der Waals surface area contributed by atoms with Crippen molar-refractivity contribution >= 4 is 17.4 Å². The van der Waals surface area contributed by atoms with Crippen LogP contribution >= 0.6 is 0 Å². The Kier molecular flexibility index (Phi) is 6.56. The standard InChI is InChI=1S/C23H29FN4O3/c1-16(26-17(2)29)18-3-5-19(6-4-18)31-20-8-10-28(15-20)21-7-9-25-23(22(21)24)27-11-13-30-14-12-27/h3-7,9,16,20H,8,10-15H2,1-2H3,(H,26,29)/t16-,20+/m0/s1. The fraction of sp³-hybridized carbons (Fsp3) is 0.478. The van der Waals surface area contributed by atoms with E-state index in [2.05, 4.69) is 10.3 Å². The highest BCUT2D eigenvalue weighted by atomic mass is 19.1. The van der Waals surface area contributed by atoms with Crippen molar-refractivity contribution in [3.63, 3.8) is 0 Å². The molecule has 1 aromatic heterocycles. The fourth-order valence-corrected chi connectivity index (χ4v) is 4.12. The van der Waals surface area contributed by atoms with Crippen molar-refractivity contribution in [2.45, 2.75) is 32.4 Å². The Bertz CT molecular complexity index is 902. The maximum Gasteiger partial charge on any atom is 0.217 e. The lowest BCUT2D eigenvalue weighted by molar-refractivity contribution is -0.119. The van der Waals surface area contributed by atoms with E-state index < -0.39 is 0 Å². The predicted molar refractivity (Wildman–Crippen MR) is 117 cm³/mol. The molecule has 7 nitrogen and oxygen atoms in total. The maximum atomic E-state index is 15.2. The molecule has 4 rings (SSSR count). The summed E-state index contributed by atoms with van der Waals surface area (Å²) in [6.45, 7) is 7.28. The number of nitrogens with one attached hydrogen (secondary N) is 1. The summed E-state index contributed by atoms with van der Waals surface area (Å²) in [7, 11) is 0. The van der Waals surface area contributed by atoms with Gasteiger partial charge in [-0.05, 0) is 30.7 Å². The van der Waals surface area contributed by atoms with Gasteiger partial charge in [0.2, 0.25) is 5.91 Å². The zero-order valence-electron chi connectivity index (χ0n) is 18.0. The predicted octanol–water partition coefficient (Wildman–Crippen LogP) is 2.91. The summed E-state index contributed by atoms with van der Waals surface area (Å²) < 4.78 is 26.7.